The molecule has 152 valence electrons. The van der Waals surface area contributed by atoms with Gasteiger partial charge < -0.3 is 10.6 Å². The first kappa shape index (κ1) is 22.4. The molecule has 0 saturated carbocycles. The topological polar surface area (TPSA) is 99.7 Å². The Kier molecular flexibility index (Phi) is 8.18. The summed E-state index contributed by atoms with van der Waals surface area (Å²) in [6.07, 6.45) is -0.0249. The molecule has 2 aromatic carbocycles. The fourth-order valence-corrected chi connectivity index (χ4v) is 2.56. The smallest absolute Gasteiger partial charge is 0.329 e. The van der Waals surface area contributed by atoms with Gasteiger partial charge in [0.1, 0.15) is 0 Å². The van der Waals surface area contributed by atoms with Crippen molar-refractivity contribution in [3.8, 4) is 0 Å². The summed E-state index contributed by atoms with van der Waals surface area (Å²) in [5.41, 5.74) is 4.45. The molecule has 0 fully saturated rings. The van der Waals surface area contributed by atoms with Crippen LogP contribution >= 0.6 is 23.2 Å². The third-order valence-electron chi connectivity index (χ3n) is 3.89. The molecule has 0 saturated heterocycles. The van der Waals surface area contributed by atoms with Crippen LogP contribution in [0.4, 0.5) is 5.69 Å². The van der Waals surface area contributed by atoms with Crippen LogP contribution in [-0.4, -0.2) is 23.4 Å². The van der Waals surface area contributed by atoms with Crippen LogP contribution in [0.15, 0.2) is 47.6 Å². The summed E-state index contributed by atoms with van der Waals surface area (Å²) in [4.78, 5) is 35.8. The number of benzene rings is 2. The van der Waals surface area contributed by atoms with Gasteiger partial charge in [0.05, 0.1) is 6.42 Å². The van der Waals surface area contributed by atoms with Crippen molar-refractivity contribution in [1.29, 1.82) is 0 Å². The normalized spacial score (nSPS) is 11.0. The highest BCUT2D eigenvalue weighted by Gasteiger charge is 2.15. The Bertz CT molecular complexity index is 943. The van der Waals surface area contributed by atoms with E-state index in [1.807, 2.05) is 12.1 Å². The molecule has 0 aromatic heterocycles. The second kappa shape index (κ2) is 10.6. The van der Waals surface area contributed by atoms with Gasteiger partial charge in [-0.2, -0.15) is 5.10 Å². The number of rotatable bonds is 6. The second-order valence-corrected chi connectivity index (χ2v) is 7.08. The van der Waals surface area contributed by atoms with Gasteiger partial charge in [-0.15, -0.1) is 0 Å². The molecule has 2 rings (SSSR count). The summed E-state index contributed by atoms with van der Waals surface area (Å²) in [5.74, 6) is -2.11. The fraction of sp³-hybridized carbons (Fsp3) is 0.200. The van der Waals surface area contributed by atoms with E-state index >= 15 is 0 Å². The zero-order valence-electron chi connectivity index (χ0n) is 15.9. The Hall–Kier alpha value is -2.90. The molecule has 29 heavy (non-hydrogen) atoms. The van der Waals surface area contributed by atoms with Crippen molar-refractivity contribution in [2.75, 3.05) is 5.32 Å². The molecular formula is C20H20Cl2N4O3. The van der Waals surface area contributed by atoms with Crippen LogP contribution in [0.3, 0.4) is 0 Å². The summed E-state index contributed by atoms with van der Waals surface area (Å²) in [6.45, 7) is 3.64. The number of nitrogens with zero attached hydrogens (tertiary/aromatic N) is 1. The molecule has 2 aromatic rings. The lowest BCUT2D eigenvalue weighted by Crippen LogP contribution is -2.33. The Morgan fingerprint density at radius 2 is 1.69 bits per heavy atom. The average molecular weight is 435 g/mol. The number of hydrogen-bond acceptors (Lipinski definition) is 4. The Balaban J connectivity index is 1.80. The molecule has 0 spiro atoms. The molecule has 0 aliphatic heterocycles. The van der Waals surface area contributed by atoms with Crippen LogP contribution in [0.1, 0.15) is 24.5 Å². The summed E-state index contributed by atoms with van der Waals surface area (Å²) < 4.78 is 0. The molecule has 0 heterocycles. The van der Waals surface area contributed by atoms with Crippen molar-refractivity contribution in [1.82, 2.24) is 10.7 Å². The first-order chi connectivity index (χ1) is 13.8. The van der Waals surface area contributed by atoms with Crippen molar-refractivity contribution >= 4 is 52.3 Å². The maximum Gasteiger partial charge on any atom is 0.329 e. The molecule has 0 aliphatic rings. The number of halogens is 2. The van der Waals surface area contributed by atoms with E-state index in [1.54, 1.807) is 44.2 Å². The zero-order chi connectivity index (χ0) is 21.4. The van der Waals surface area contributed by atoms with Gasteiger partial charge >= 0.3 is 11.8 Å². The quantitative estimate of drug-likeness (QED) is 0.368. The van der Waals surface area contributed by atoms with Crippen LogP contribution < -0.4 is 16.1 Å². The SMILES string of the molecule is C/C(CC(=O)NCc1ccc(Cl)cc1)=N/NC(=O)C(=O)Nc1cccc(Cl)c1C. The zero-order valence-corrected chi connectivity index (χ0v) is 17.4. The van der Waals surface area contributed by atoms with E-state index in [0.717, 1.165) is 5.56 Å². The first-order valence-electron chi connectivity index (χ1n) is 8.67. The lowest BCUT2D eigenvalue weighted by atomic mass is 10.2. The largest absolute Gasteiger partial charge is 0.352 e. The van der Waals surface area contributed by atoms with Crippen LogP contribution in [0.5, 0.6) is 0 Å². The van der Waals surface area contributed by atoms with Gasteiger partial charge in [-0.25, -0.2) is 5.43 Å². The molecule has 0 atom stereocenters. The molecule has 0 aliphatic carbocycles. The third kappa shape index (κ3) is 7.21. The number of nitrogens with one attached hydrogen (secondary N) is 3. The van der Waals surface area contributed by atoms with Crippen molar-refractivity contribution < 1.29 is 14.4 Å². The molecule has 9 heteroatoms. The fourth-order valence-electron chi connectivity index (χ4n) is 2.26. The van der Waals surface area contributed by atoms with Gasteiger partial charge in [0.2, 0.25) is 5.91 Å². The predicted octanol–water partition coefficient (Wildman–Crippen LogP) is 3.44. The van der Waals surface area contributed by atoms with E-state index in [1.165, 1.54) is 0 Å². The molecule has 7 nitrogen and oxygen atoms in total. The van der Waals surface area contributed by atoms with Gasteiger partial charge in [-0.05, 0) is 49.2 Å². The van der Waals surface area contributed by atoms with Crippen molar-refractivity contribution in [2.45, 2.75) is 26.8 Å². The summed E-state index contributed by atoms with van der Waals surface area (Å²) >= 11 is 11.8. The van der Waals surface area contributed by atoms with E-state index in [-0.39, 0.29) is 12.3 Å². The number of carbonyl (C=O) groups is 3. The third-order valence-corrected chi connectivity index (χ3v) is 4.55. The predicted molar refractivity (Wildman–Crippen MR) is 114 cm³/mol. The Labute approximate surface area is 178 Å². The van der Waals surface area contributed by atoms with Gasteiger partial charge in [0.15, 0.2) is 0 Å². The van der Waals surface area contributed by atoms with Crippen LogP contribution in [0.25, 0.3) is 0 Å². The highest BCUT2D eigenvalue weighted by Crippen LogP contribution is 2.22. The van der Waals surface area contributed by atoms with Crippen LogP contribution in [0, 0.1) is 6.92 Å². The minimum Gasteiger partial charge on any atom is -0.352 e. The average Bonchev–Trinajstić information content (AvgIpc) is 2.69. The minimum atomic E-state index is -0.953. The minimum absolute atomic E-state index is 0.0249. The summed E-state index contributed by atoms with van der Waals surface area (Å²) in [7, 11) is 0. The lowest BCUT2D eigenvalue weighted by molar-refractivity contribution is -0.136. The number of hydrogen-bond donors (Lipinski definition) is 3. The monoisotopic (exact) mass is 434 g/mol. The molecule has 3 amide bonds. The number of anilines is 1. The maximum absolute atomic E-state index is 12.0. The molecular weight excluding hydrogens is 415 g/mol. The van der Waals surface area contributed by atoms with Gasteiger partial charge in [0, 0.05) is 28.0 Å². The van der Waals surface area contributed by atoms with Crippen molar-refractivity contribution in [2.24, 2.45) is 5.10 Å². The maximum atomic E-state index is 12.0. The molecule has 3 N–H and O–H groups in total. The van der Waals surface area contributed by atoms with E-state index < -0.39 is 11.8 Å². The van der Waals surface area contributed by atoms with E-state index in [2.05, 4.69) is 21.2 Å². The van der Waals surface area contributed by atoms with Crippen LogP contribution in [-0.2, 0) is 20.9 Å². The standard InChI is InChI=1S/C20H20Cl2N4O3/c1-12(10-18(27)23-11-14-6-8-15(21)9-7-14)25-26-20(29)19(28)24-17-5-3-4-16(22)13(17)2/h3-9H,10-11H2,1-2H3,(H,23,27)(H,24,28)(H,26,29)/b25-12-. The lowest BCUT2D eigenvalue weighted by Gasteiger charge is -2.09. The molecule has 0 radical (unpaired) electrons. The highest BCUT2D eigenvalue weighted by atomic mass is 35.5. The van der Waals surface area contributed by atoms with Crippen molar-refractivity contribution in [3.63, 3.8) is 0 Å². The van der Waals surface area contributed by atoms with E-state index in [4.69, 9.17) is 23.2 Å². The summed E-state index contributed by atoms with van der Waals surface area (Å²) in [5, 5.41) is 10.1. The first-order valence-corrected chi connectivity index (χ1v) is 9.42. The Morgan fingerprint density at radius 3 is 2.38 bits per heavy atom. The van der Waals surface area contributed by atoms with Gasteiger partial charge in [-0.1, -0.05) is 41.4 Å². The van der Waals surface area contributed by atoms with E-state index in [9.17, 15) is 14.4 Å². The highest BCUT2D eigenvalue weighted by molar-refractivity contribution is 6.40. The van der Waals surface area contributed by atoms with Gasteiger partial charge in [-0.3, -0.25) is 14.4 Å². The van der Waals surface area contributed by atoms with Gasteiger partial charge in [0.25, 0.3) is 0 Å². The molecule has 0 bridgehead atoms. The molecule has 0 unspecified atom stereocenters. The van der Waals surface area contributed by atoms with Crippen molar-refractivity contribution in [3.05, 3.63) is 63.6 Å². The Morgan fingerprint density at radius 1 is 1.00 bits per heavy atom. The number of carbonyl (C=O) groups excluding carboxylic acids is 3. The second-order valence-electron chi connectivity index (χ2n) is 6.23. The summed E-state index contributed by atoms with van der Waals surface area (Å²) in [6, 6.07) is 12.1. The van der Waals surface area contributed by atoms with E-state index in [0.29, 0.717) is 33.6 Å². The number of hydrazone groups is 1. The van der Waals surface area contributed by atoms with Crippen LogP contribution in [0.2, 0.25) is 10.0 Å². The number of amides is 3.